The Morgan fingerprint density at radius 3 is 3.09 bits per heavy atom. The molecule has 0 spiro atoms. The Kier molecular flexibility index (Phi) is 2.76. The van der Waals surface area contributed by atoms with Gasteiger partial charge in [-0.25, -0.2) is 4.39 Å². The van der Waals surface area contributed by atoms with Gasteiger partial charge in [0.25, 0.3) is 0 Å². The number of nitriles is 1. The molecule has 0 radical (unpaired) electrons. The predicted molar refractivity (Wildman–Crippen MR) is 46.2 cm³/mol. The first-order chi connectivity index (χ1) is 5.25. The topological polar surface area (TPSA) is 36.7 Å². The lowest BCUT2D eigenvalue weighted by atomic mass is 10.3. The van der Waals surface area contributed by atoms with Gasteiger partial charge in [-0.1, -0.05) is 0 Å². The number of aromatic nitrogens is 1. The lowest BCUT2D eigenvalue weighted by Gasteiger charge is -1.96. The molecular weight excluding hydrogens is 258 g/mol. The smallest absolute Gasteiger partial charge is 0.159 e. The van der Waals surface area contributed by atoms with Crippen molar-refractivity contribution in [3.8, 4) is 6.07 Å². The number of halogens is 2. The molecule has 2 nitrogen and oxygen atoms in total. The molecule has 0 amide bonds. The third-order valence-corrected chi connectivity index (χ3v) is 1.99. The molecule has 0 aliphatic carbocycles. The van der Waals surface area contributed by atoms with Crippen molar-refractivity contribution in [1.29, 1.82) is 5.26 Å². The van der Waals surface area contributed by atoms with Gasteiger partial charge in [-0.15, -0.1) is 0 Å². The minimum atomic E-state index is -0.380. The van der Waals surface area contributed by atoms with Crippen molar-refractivity contribution in [2.24, 2.45) is 0 Å². The standard InChI is InChI=1S/C7H4FIN2/c8-7-5(9)2-4-11-6(7)1-3-10/h2,4H,1H2. The molecule has 0 saturated heterocycles. The van der Waals surface area contributed by atoms with Crippen molar-refractivity contribution >= 4 is 22.6 Å². The van der Waals surface area contributed by atoms with Crippen LogP contribution in [0, 0.1) is 20.7 Å². The number of pyridine rings is 1. The summed E-state index contributed by atoms with van der Waals surface area (Å²) in [5, 5.41) is 8.28. The van der Waals surface area contributed by atoms with Crippen molar-refractivity contribution in [3.05, 3.63) is 27.3 Å². The van der Waals surface area contributed by atoms with E-state index in [2.05, 4.69) is 4.98 Å². The van der Waals surface area contributed by atoms with Crippen LogP contribution < -0.4 is 0 Å². The van der Waals surface area contributed by atoms with Crippen molar-refractivity contribution in [1.82, 2.24) is 4.98 Å². The highest BCUT2D eigenvalue weighted by Crippen LogP contribution is 2.12. The van der Waals surface area contributed by atoms with Gasteiger partial charge in [0.2, 0.25) is 0 Å². The van der Waals surface area contributed by atoms with Crippen LogP contribution in [-0.2, 0) is 6.42 Å². The van der Waals surface area contributed by atoms with Gasteiger partial charge >= 0.3 is 0 Å². The van der Waals surface area contributed by atoms with Crippen LogP contribution in [0.1, 0.15) is 5.69 Å². The number of nitrogens with zero attached hydrogens (tertiary/aromatic N) is 2. The molecule has 0 aliphatic rings. The summed E-state index contributed by atoms with van der Waals surface area (Å²) in [4.78, 5) is 3.73. The van der Waals surface area contributed by atoms with Crippen molar-refractivity contribution < 1.29 is 4.39 Å². The average Bonchev–Trinajstić information content (AvgIpc) is 1.99. The Balaban J connectivity index is 3.08. The van der Waals surface area contributed by atoms with E-state index in [0.717, 1.165) is 0 Å². The third kappa shape index (κ3) is 1.87. The molecule has 56 valence electrons. The van der Waals surface area contributed by atoms with Crippen LogP contribution in [0.4, 0.5) is 4.39 Å². The van der Waals surface area contributed by atoms with E-state index in [1.807, 2.05) is 28.7 Å². The van der Waals surface area contributed by atoms with Crippen LogP contribution in [0.15, 0.2) is 12.3 Å². The van der Waals surface area contributed by atoms with Crippen LogP contribution in [0.3, 0.4) is 0 Å². The van der Waals surface area contributed by atoms with Gasteiger partial charge in [-0.3, -0.25) is 4.98 Å². The molecule has 11 heavy (non-hydrogen) atoms. The zero-order chi connectivity index (χ0) is 8.27. The second-order valence-corrected chi connectivity index (χ2v) is 3.05. The highest BCUT2D eigenvalue weighted by atomic mass is 127. The van der Waals surface area contributed by atoms with Gasteiger partial charge in [0.1, 0.15) is 0 Å². The van der Waals surface area contributed by atoms with Crippen molar-refractivity contribution in [2.75, 3.05) is 0 Å². The van der Waals surface area contributed by atoms with E-state index in [-0.39, 0.29) is 17.9 Å². The first-order valence-electron chi connectivity index (χ1n) is 2.91. The van der Waals surface area contributed by atoms with E-state index in [0.29, 0.717) is 3.57 Å². The molecule has 0 fully saturated rings. The minimum Gasteiger partial charge on any atom is -0.257 e. The molecular formula is C7H4FIN2. The monoisotopic (exact) mass is 262 g/mol. The Hall–Kier alpha value is -0.700. The van der Waals surface area contributed by atoms with Crippen LogP contribution in [0.5, 0.6) is 0 Å². The summed E-state index contributed by atoms with van der Waals surface area (Å²) in [5.41, 5.74) is 0.222. The molecule has 0 aliphatic heterocycles. The van der Waals surface area contributed by atoms with E-state index in [4.69, 9.17) is 5.26 Å². The molecule has 1 rings (SSSR count). The van der Waals surface area contributed by atoms with Gasteiger partial charge in [0, 0.05) is 6.20 Å². The largest absolute Gasteiger partial charge is 0.257 e. The molecule has 1 aromatic heterocycles. The van der Waals surface area contributed by atoms with Gasteiger partial charge in [0.15, 0.2) is 5.82 Å². The molecule has 1 aromatic rings. The maximum atomic E-state index is 13.0. The lowest BCUT2D eigenvalue weighted by Crippen LogP contribution is -1.95. The van der Waals surface area contributed by atoms with E-state index < -0.39 is 0 Å². The first-order valence-corrected chi connectivity index (χ1v) is 3.99. The molecule has 0 N–H and O–H groups in total. The molecule has 1 heterocycles. The summed E-state index contributed by atoms with van der Waals surface area (Å²) < 4.78 is 13.5. The Morgan fingerprint density at radius 1 is 1.73 bits per heavy atom. The first kappa shape index (κ1) is 8.40. The summed E-state index contributed by atoms with van der Waals surface area (Å²) in [7, 11) is 0. The molecule has 0 aromatic carbocycles. The summed E-state index contributed by atoms with van der Waals surface area (Å²) >= 11 is 1.87. The number of hydrogen-bond acceptors (Lipinski definition) is 2. The molecule has 0 unspecified atom stereocenters. The SMILES string of the molecule is N#CCc1nccc(I)c1F. The van der Waals surface area contributed by atoms with Gasteiger partial charge in [-0.05, 0) is 28.7 Å². The van der Waals surface area contributed by atoms with E-state index in [1.54, 1.807) is 6.07 Å². The maximum absolute atomic E-state index is 13.0. The van der Waals surface area contributed by atoms with E-state index in [1.165, 1.54) is 6.20 Å². The van der Waals surface area contributed by atoms with Gasteiger partial charge in [0.05, 0.1) is 21.8 Å². The van der Waals surface area contributed by atoms with E-state index in [9.17, 15) is 4.39 Å². The van der Waals surface area contributed by atoms with Crippen LogP contribution in [-0.4, -0.2) is 4.98 Å². The Morgan fingerprint density at radius 2 is 2.45 bits per heavy atom. The minimum absolute atomic E-state index is 0.0304. The van der Waals surface area contributed by atoms with Crippen LogP contribution in [0.2, 0.25) is 0 Å². The molecule has 4 heteroatoms. The Bertz CT molecular complexity index is 306. The summed E-state index contributed by atoms with van der Waals surface area (Å²) in [5.74, 6) is -0.380. The van der Waals surface area contributed by atoms with E-state index >= 15 is 0 Å². The summed E-state index contributed by atoms with van der Waals surface area (Å²) in [6, 6.07) is 3.41. The fourth-order valence-corrected chi connectivity index (χ4v) is 1.13. The Labute approximate surface area is 77.2 Å². The number of rotatable bonds is 1. The third-order valence-electron chi connectivity index (χ3n) is 1.16. The van der Waals surface area contributed by atoms with Crippen LogP contribution >= 0.6 is 22.6 Å². The highest BCUT2D eigenvalue weighted by Gasteiger charge is 2.05. The van der Waals surface area contributed by atoms with Crippen molar-refractivity contribution in [2.45, 2.75) is 6.42 Å². The highest BCUT2D eigenvalue weighted by molar-refractivity contribution is 14.1. The predicted octanol–water partition coefficient (Wildman–Crippen LogP) is 1.89. The summed E-state index contributed by atoms with van der Waals surface area (Å²) in [6.45, 7) is 0. The fraction of sp³-hybridized carbons (Fsp3) is 0.143. The fourth-order valence-electron chi connectivity index (χ4n) is 0.658. The second kappa shape index (κ2) is 3.62. The average molecular weight is 262 g/mol. The lowest BCUT2D eigenvalue weighted by molar-refractivity contribution is 0.598. The zero-order valence-electron chi connectivity index (χ0n) is 5.51. The van der Waals surface area contributed by atoms with Gasteiger partial charge in [-0.2, -0.15) is 5.26 Å². The molecule has 0 bridgehead atoms. The summed E-state index contributed by atoms with van der Waals surface area (Å²) in [6.07, 6.45) is 1.53. The molecule has 0 saturated carbocycles. The quantitative estimate of drug-likeness (QED) is 0.724. The number of hydrogen-bond donors (Lipinski definition) is 0. The zero-order valence-corrected chi connectivity index (χ0v) is 7.67. The molecule has 0 atom stereocenters. The van der Waals surface area contributed by atoms with Crippen LogP contribution in [0.25, 0.3) is 0 Å². The maximum Gasteiger partial charge on any atom is 0.159 e. The second-order valence-electron chi connectivity index (χ2n) is 1.89. The van der Waals surface area contributed by atoms with Crippen molar-refractivity contribution in [3.63, 3.8) is 0 Å². The van der Waals surface area contributed by atoms with Gasteiger partial charge < -0.3 is 0 Å². The normalized spacial score (nSPS) is 9.18.